The van der Waals surface area contributed by atoms with E-state index in [4.69, 9.17) is 11.6 Å². The molecule has 1 saturated carbocycles. The Bertz CT molecular complexity index is 497. The predicted molar refractivity (Wildman–Crippen MR) is 80.5 cm³/mol. The molecule has 1 aliphatic carbocycles. The van der Waals surface area contributed by atoms with Crippen LogP contribution in [0.2, 0.25) is 5.02 Å². The summed E-state index contributed by atoms with van der Waals surface area (Å²) in [6.45, 7) is 3.39. The minimum absolute atomic E-state index is 0.0181. The molecule has 2 aliphatic rings. The first-order valence-corrected chi connectivity index (χ1v) is 8.14. The Morgan fingerprint density at radius 2 is 1.81 bits per heavy atom. The van der Waals surface area contributed by atoms with Crippen LogP contribution in [0.3, 0.4) is 0 Å². The topological polar surface area (TPSA) is 15.3 Å². The molecule has 2 fully saturated rings. The van der Waals surface area contributed by atoms with E-state index in [1.165, 1.54) is 12.1 Å². The van der Waals surface area contributed by atoms with Gasteiger partial charge in [-0.3, -0.25) is 4.90 Å². The average Bonchev–Trinajstić information content (AvgIpc) is 3.02. The van der Waals surface area contributed by atoms with Gasteiger partial charge in [0.2, 0.25) is 0 Å². The molecule has 1 aromatic rings. The molecule has 1 aromatic carbocycles. The second kappa shape index (κ2) is 6.59. The fraction of sp³-hybridized carbons (Fsp3) is 0.625. The third-order valence-corrected chi connectivity index (χ3v) is 5.06. The maximum atomic E-state index is 14.5. The van der Waals surface area contributed by atoms with Crippen molar-refractivity contribution >= 4 is 11.6 Å². The van der Waals surface area contributed by atoms with Crippen LogP contribution >= 0.6 is 11.6 Å². The minimum atomic E-state index is -0.577. The number of rotatable bonds is 3. The van der Waals surface area contributed by atoms with Gasteiger partial charge in [-0.1, -0.05) is 24.4 Å². The molecule has 5 heteroatoms. The van der Waals surface area contributed by atoms with Crippen LogP contribution in [-0.4, -0.2) is 31.1 Å². The first-order chi connectivity index (χ1) is 10.2. The summed E-state index contributed by atoms with van der Waals surface area (Å²) < 4.78 is 28.9. The zero-order valence-electron chi connectivity index (χ0n) is 12.0. The number of halogens is 3. The monoisotopic (exact) mass is 314 g/mol. The van der Waals surface area contributed by atoms with Crippen molar-refractivity contribution in [2.75, 3.05) is 26.2 Å². The Morgan fingerprint density at radius 1 is 1.14 bits per heavy atom. The highest BCUT2D eigenvalue weighted by Crippen LogP contribution is 2.42. The highest BCUT2D eigenvalue weighted by Gasteiger charge is 2.35. The van der Waals surface area contributed by atoms with Crippen LogP contribution < -0.4 is 5.32 Å². The van der Waals surface area contributed by atoms with E-state index in [0.717, 1.165) is 51.9 Å². The molecule has 1 atom stereocenters. The minimum Gasteiger partial charge on any atom is -0.314 e. The van der Waals surface area contributed by atoms with Gasteiger partial charge in [0.15, 0.2) is 0 Å². The van der Waals surface area contributed by atoms with Gasteiger partial charge in [0, 0.05) is 37.8 Å². The number of nitrogens with one attached hydrogen (secondary N) is 1. The number of hydrogen-bond donors (Lipinski definition) is 1. The van der Waals surface area contributed by atoms with Crippen molar-refractivity contribution in [3.63, 3.8) is 0 Å². The van der Waals surface area contributed by atoms with E-state index in [1.54, 1.807) is 0 Å². The Labute approximate surface area is 129 Å². The largest absolute Gasteiger partial charge is 0.314 e. The van der Waals surface area contributed by atoms with Crippen LogP contribution in [0.4, 0.5) is 8.78 Å². The van der Waals surface area contributed by atoms with Gasteiger partial charge in [0.1, 0.15) is 11.6 Å². The molecular formula is C16H21ClF2N2. The molecule has 2 nitrogen and oxygen atoms in total. The van der Waals surface area contributed by atoms with Crippen LogP contribution in [-0.2, 0) is 0 Å². The SMILES string of the molecule is Fc1ccc(Cl)c(F)c1[C@H](C1CCCC1)N1CCNCC1. The van der Waals surface area contributed by atoms with Gasteiger partial charge in [-0.25, -0.2) is 8.78 Å². The predicted octanol–water partition coefficient (Wildman–Crippen LogP) is 3.75. The maximum absolute atomic E-state index is 14.5. The average molecular weight is 315 g/mol. The Balaban J connectivity index is 1.99. The standard InChI is InChI=1S/C16H21ClF2N2/c17-12-5-6-13(18)14(15(12)19)16(11-3-1-2-4-11)21-9-7-20-8-10-21/h5-6,11,16,20H,1-4,7-10H2/t16-/m0/s1. The highest BCUT2D eigenvalue weighted by atomic mass is 35.5. The van der Waals surface area contributed by atoms with E-state index in [-0.39, 0.29) is 16.6 Å². The number of nitrogens with zero attached hydrogens (tertiary/aromatic N) is 1. The summed E-state index contributed by atoms with van der Waals surface area (Å²) >= 11 is 5.90. The summed E-state index contributed by atoms with van der Waals surface area (Å²) in [6, 6.07) is 2.41. The smallest absolute Gasteiger partial charge is 0.149 e. The van der Waals surface area contributed by atoms with Crippen molar-refractivity contribution in [1.82, 2.24) is 10.2 Å². The Morgan fingerprint density at radius 3 is 2.48 bits per heavy atom. The second-order valence-electron chi connectivity index (χ2n) is 6.03. The van der Waals surface area contributed by atoms with Crippen molar-refractivity contribution < 1.29 is 8.78 Å². The summed E-state index contributed by atoms with van der Waals surface area (Å²) in [5, 5.41) is 3.32. The van der Waals surface area contributed by atoms with Crippen LogP contribution in [0.25, 0.3) is 0 Å². The van der Waals surface area contributed by atoms with Gasteiger partial charge in [-0.15, -0.1) is 0 Å². The summed E-state index contributed by atoms with van der Waals surface area (Å²) in [6.07, 6.45) is 4.38. The zero-order chi connectivity index (χ0) is 14.8. The fourth-order valence-electron chi connectivity index (χ4n) is 3.76. The quantitative estimate of drug-likeness (QED) is 0.855. The summed E-state index contributed by atoms with van der Waals surface area (Å²) in [5.41, 5.74) is 0.177. The van der Waals surface area contributed by atoms with Crippen LogP contribution in [0, 0.1) is 17.6 Å². The van der Waals surface area contributed by atoms with Gasteiger partial charge in [0.25, 0.3) is 0 Å². The van der Waals surface area contributed by atoms with Crippen molar-refractivity contribution in [3.05, 3.63) is 34.4 Å². The summed E-state index contributed by atoms with van der Waals surface area (Å²) in [7, 11) is 0. The van der Waals surface area contributed by atoms with Crippen LogP contribution in [0.15, 0.2) is 12.1 Å². The first-order valence-electron chi connectivity index (χ1n) is 7.76. The molecule has 1 aliphatic heterocycles. The van der Waals surface area contributed by atoms with Gasteiger partial charge in [-0.05, 0) is 30.9 Å². The zero-order valence-corrected chi connectivity index (χ0v) is 12.8. The number of piperazine rings is 1. The summed E-state index contributed by atoms with van der Waals surface area (Å²) in [5.74, 6) is -0.718. The lowest BCUT2D eigenvalue weighted by Crippen LogP contribution is -2.47. The lowest BCUT2D eigenvalue weighted by Gasteiger charge is -2.39. The molecule has 0 aromatic heterocycles. The van der Waals surface area contributed by atoms with E-state index in [2.05, 4.69) is 10.2 Å². The lowest BCUT2D eigenvalue weighted by atomic mass is 9.89. The molecule has 0 unspecified atom stereocenters. The molecule has 0 bridgehead atoms. The fourth-order valence-corrected chi connectivity index (χ4v) is 3.93. The highest BCUT2D eigenvalue weighted by molar-refractivity contribution is 6.30. The summed E-state index contributed by atoms with van der Waals surface area (Å²) in [4.78, 5) is 2.23. The number of hydrogen-bond acceptors (Lipinski definition) is 2. The van der Waals surface area contributed by atoms with Crippen molar-refractivity contribution in [3.8, 4) is 0 Å². The van der Waals surface area contributed by atoms with Crippen LogP contribution in [0.1, 0.15) is 37.3 Å². The van der Waals surface area contributed by atoms with Gasteiger partial charge >= 0.3 is 0 Å². The van der Waals surface area contributed by atoms with E-state index in [9.17, 15) is 8.78 Å². The third-order valence-electron chi connectivity index (χ3n) is 4.77. The van der Waals surface area contributed by atoms with Crippen molar-refractivity contribution in [2.45, 2.75) is 31.7 Å². The molecule has 0 radical (unpaired) electrons. The van der Waals surface area contributed by atoms with Crippen molar-refractivity contribution in [2.24, 2.45) is 5.92 Å². The molecule has 3 rings (SSSR count). The molecule has 1 heterocycles. The Kier molecular flexibility index (Phi) is 4.77. The lowest BCUT2D eigenvalue weighted by molar-refractivity contribution is 0.119. The molecule has 21 heavy (non-hydrogen) atoms. The molecule has 1 saturated heterocycles. The molecular weight excluding hydrogens is 294 g/mol. The molecule has 116 valence electrons. The van der Waals surface area contributed by atoms with E-state index in [1.807, 2.05) is 0 Å². The maximum Gasteiger partial charge on any atom is 0.149 e. The normalized spacial score (nSPS) is 22.6. The van der Waals surface area contributed by atoms with Gasteiger partial charge in [-0.2, -0.15) is 0 Å². The van der Waals surface area contributed by atoms with Gasteiger partial charge < -0.3 is 5.32 Å². The number of benzene rings is 1. The van der Waals surface area contributed by atoms with E-state index < -0.39 is 11.6 Å². The van der Waals surface area contributed by atoms with Crippen LogP contribution in [0.5, 0.6) is 0 Å². The third kappa shape index (κ3) is 3.08. The second-order valence-corrected chi connectivity index (χ2v) is 6.44. The van der Waals surface area contributed by atoms with E-state index in [0.29, 0.717) is 5.92 Å². The molecule has 0 amide bonds. The molecule has 0 spiro atoms. The van der Waals surface area contributed by atoms with Crippen molar-refractivity contribution in [1.29, 1.82) is 0 Å². The Hall–Kier alpha value is -0.710. The molecule has 1 N–H and O–H groups in total. The van der Waals surface area contributed by atoms with E-state index >= 15 is 0 Å². The van der Waals surface area contributed by atoms with Gasteiger partial charge in [0.05, 0.1) is 5.02 Å². The first kappa shape index (κ1) is 15.2.